The van der Waals surface area contributed by atoms with Gasteiger partial charge in [-0.25, -0.2) is 0 Å². The Morgan fingerprint density at radius 3 is 1.64 bits per heavy atom. The monoisotopic (exact) mass is 154 g/mol. The highest BCUT2D eigenvalue weighted by molar-refractivity contribution is 6.10. The molecule has 0 N–H and O–H groups in total. The minimum absolute atomic E-state index is 0.329. The smallest absolute Gasteiger partial charge is 0.312 e. The van der Waals surface area contributed by atoms with Gasteiger partial charge in [0.2, 0.25) is 0 Å². The number of ether oxygens (including phenoxy) is 1. The van der Waals surface area contributed by atoms with Gasteiger partial charge in [-0.15, -0.1) is 0 Å². The fourth-order valence-electron chi connectivity index (χ4n) is 0.637. The van der Waals surface area contributed by atoms with E-state index in [4.69, 9.17) is 0 Å². The van der Waals surface area contributed by atoms with E-state index in [1.807, 2.05) is 15.7 Å². The first-order valence-electron chi connectivity index (χ1n) is 3.94. The summed E-state index contributed by atoms with van der Waals surface area (Å²) in [7, 11) is 3.73. The number of hydrogen-bond donors (Lipinski definition) is 0. The van der Waals surface area contributed by atoms with Crippen molar-refractivity contribution in [2.24, 2.45) is 0 Å². The van der Waals surface area contributed by atoms with Crippen molar-refractivity contribution in [3.63, 3.8) is 0 Å². The summed E-state index contributed by atoms with van der Waals surface area (Å²) >= 11 is 0. The van der Waals surface area contributed by atoms with Crippen LogP contribution < -0.4 is 0 Å². The summed E-state index contributed by atoms with van der Waals surface area (Å²) in [6.07, 6.45) is 2.10. The van der Waals surface area contributed by atoms with E-state index >= 15 is 0 Å². The number of hydrogen-bond acceptors (Lipinski definition) is 3. The van der Waals surface area contributed by atoms with Crippen LogP contribution in [-0.2, 0) is 14.3 Å². The molecule has 0 spiro atoms. The normalized spacial score (nSPS) is 9.09. The Balaban J connectivity index is 3.49. The van der Waals surface area contributed by atoms with Gasteiger partial charge < -0.3 is 4.74 Å². The van der Waals surface area contributed by atoms with Gasteiger partial charge in [-0.05, 0) is 0 Å². The van der Waals surface area contributed by atoms with Crippen LogP contribution in [0.4, 0.5) is 0 Å². The van der Waals surface area contributed by atoms with Crippen molar-refractivity contribution in [3.8, 4) is 0 Å². The summed E-state index contributed by atoms with van der Waals surface area (Å²) in [5, 5.41) is 0. The standard InChI is InChI=1S/C6H12B2O3/c7-3-1-5(9)11-6(10)2-4-8/h1-4,7-8H2. The van der Waals surface area contributed by atoms with E-state index in [-0.39, 0.29) is 0 Å². The van der Waals surface area contributed by atoms with E-state index in [1.165, 1.54) is 0 Å². The summed E-state index contributed by atoms with van der Waals surface area (Å²) < 4.78 is 4.45. The summed E-state index contributed by atoms with van der Waals surface area (Å²) in [6.45, 7) is 0. The fourth-order valence-corrected chi connectivity index (χ4v) is 0.637. The molecule has 0 aliphatic rings. The van der Waals surface area contributed by atoms with Crippen molar-refractivity contribution in [2.45, 2.75) is 25.5 Å². The first-order chi connectivity index (χ1) is 5.20. The topological polar surface area (TPSA) is 43.4 Å². The first kappa shape index (κ1) is 10.3. The van der Waals surface area contributed by atoms with Gasteiger partial charge >= 0.3 is 11.9 Å². The zero-order valence-corrected chi connectivity index (χ0v) is 7.05. The predicted molar refractivity (Wildman–Crippen MR) is 47.0 cm³/mol. The van der Waals surface area contributed by atoms with Gasteiger partial charge in [0.25, 0.3) is 0 Å². The molecule has 3 nitrogen and oxygen atoms in total. The van der Waals surface area contributed by atoms with Gasteiger partial charge in [0.05, 0.1) is 0 Å². The lowest BCUT2D eigenvalue weighted by Gasteiger charge is -1.98. The van der Waals surface area contributed by atoms with Crippen LogP contribution in [0, 0.1) is 0 Å². The Kier molecular flexibility index (Phi) is 5.61. The summed E-state index contributed by atoms with van der Waals surface area (Å²) in [5.41, 5.74) is 0. The molecule has 5 heteroatoms. The van der Waals surface area contributed by atoms with Crippen LogP contribution in [0.5, 0.6) is 0 Å². The molecule has 0 aliphatic heterocycles. The van der Waals surface area contributed by atoms with Crippen molar-refractivity contribution >= 4 is 27.6 Å². The van der Waals surface area contributed by atoms with Crippen molar-refractivity contribution in [1.29, 1.82) is 0 Å². The summed E-state index contributed by atoms with van der Waals surface area (Å²) in [4.78, 5) is 21.4. The quantitative estimate of drug-likeness (QED) is 0.294. The summed E-state index contributed by atoms with van der Waals surface area (Å²) in [6, 6.07) is 0. The van der Waals surface area contributed by atoms with E-state index < -0.39 is 11.9 Å². The first-order valence-corrected chi connectivity index (χ1v) is 3.94. The van der Waals surface area contributed by atoms with Gasteiger partial charge in [-0.3, -0.25) is 9.59 Å². The number of rotatable bonds is 4. The molecular formula is C6H12B2O3. The third-order valence-electron chi connectivity index (χ3n) is 1.14. The van der Waals surface area contributed by atoms with E-state index in [2.05, 4.69) is 4.74 Å². The molecule has 0 saturated carbocycles. The molecule has 0 fully saturated rings. The van der Waals surface area contributed by atoms with Crippen LogP contribution in [0.25, 0.3) is 0 Å². The molecule has 11 heavy (non-hydrogen) atoms. The van der Waals surface area contributed by atoms with Gasteiger partial charge in [-0.2, -0.15) is 0 Å². The maximum atomic E-state index is 10.7. The average Bonchev–Trinajstić information content (AvgIpc) is 1.87. The Hall–Kier alpha value is -0.730. The Morgan fingerprint density at radius 1 is 1.00 bits per heavy atom. The molecule has 0 aliphatic carbocycles. The predicted octanol–water partition coefficient (Wildman–Crippen LogP) is -1.06. The molecule has 0 unspecified atom stereocenters. The van der Waals surface area contributed by atoms with Crippen LogP contribution in [0.15, 0.2) is 0 Å². The molecule has 0 heterocycles. The van der Waals surface area contributed by atoms with Crippen molar-refractivity contribution in [2.75, 3.05) is 0 Å². The van der Waals surface area contributed by atoms with Gasteiger partial charge in [0.1, 0.15) is 15.7 Å². The third kappa shape index (κ3) is 5.70. The van der Waals surface area contributed by atoms with E-state index in [1.54, 1.807) is 0 Å². The fraction of sp³-hybridized carbons (Fsp3) is 0.667. The van der Waals surface area contributed by atoms with E-state index in [0.29, 0.717) is 12.8 Å². The molecule has 0 radical (unpaired) electrons. The molecule has 0 aromatic heterocycles. The largest absolute Gasteiger partial charge is 0.393 e. The molecule has 60 valence electrons. The second-order valence-corrected chi connectivity index (χ2v) is 2.35. The molecular weight excluding hydrogens is 142 g/mol. The second-order valence-electron chi connectivity index (χ2n) is 2.35. The number of carbonyl (C=O) groups is 2. The highest BCUT2D eigenvalue weighted by Crippen LogP contribution is 1.94. The molecule has 0 aromatic rings. The van der Waals surface area contributed by atoms with Crippen LogP contribution in [0.2, 0.25) is 12.6 Å². The van der Waals surface area contributed by atoms with Gasteiger partial charge in [-0.1, -0.05) is 12.6 Å². The van der Waals surface area contributed by atoms with Crippen LogP contribution in [0.3, 0.4) is 0 Å². The molecule has 0 rings (SSSR count). The highest BCUT2D eigenvalue weighted by Gasteiger charge is 2.06. The lowest BCUT2D eigenvalue weighted by molar-refractivity contribution is -0.159. The van der Waals surface area contributed by atoms with E-state index in [0.717, 1.165) is 12.6 Å². The van der Waals surface area contributed by atoms with Gasteiger partial charge in [0, 0.05) is 12.8 Å². The van der Waals surface area contributed by atoms with Crippen molar-refractivity contribution in [3.05, 3.63) is 0 Å². The maximum absolute atomic E-state index is 10.7. The lowest BCUT2D eigenvalue weighted by atomic mass is 10.0. The summed E-state index contributed by atoms with van der Waals surface area (Å²) in [5.74, 6) is -0.822. The molecule has 0 amide bonds. The SMILES string of the molecule is BCCC(=O)OC(=O)CCB. The van der Waals surface area contributed by atoms with E-state index in [9.17, 15) is 9.59 Å². The average molecular weight is 154 g/mol. The number of carbonyl (C=O) groups excluding carboxylic acids is 2. The van der Waals surface area contributed by atoms with Crippen LogP contribution in [0.1, 0.15) is 12.8 Å². The lowest BCUT2D eigenvalue weighted by Crippen LogP contribution is -2.11. The maximum Gasteiger partial charge on any atom is 0.312 e. The Bertz CT molecular complexity index is 131. The van der Waals surface area contributed by atoms with Gasteiger partial charge in [0.15, 0.2) is 0 Å². The highest BCUT2D eigenvalue weighted by atomic mass is 16.6. The Morgan fingerprint density at radius 2 is 1.36 bits per heavy atom. The molecule has 0 saturated heterocycles. The number of esters is 2. The minimum atomic E-state index is -0.411. The zero-order chi connectivity index (χ0) is 8.69. The zero-order valence-electron chi connectivity index (χ0n) is 7.05. The van der Waals surface area contributed by atoms with Crippen molar-refractivity contribution < 1.29 is 14.3 Å². The second kappa shape index (κ2) is 6.01. The molecule has 0 bridgehead atoms. The minimum Gasteiger partial charge on any atom is -0.393 e. The molecule has 0 atom stereocenters. The van der Waals surface area contributed by atoms with Crippen molar-refractivity contribution in [1.82, 2.24) is 0 Å². The molecule has 0 aromatic carbocycles. The Labute approximate surface area is 68.3 Å². The van der Waals surface area contributed by atoms with Crippen LogP contribution >= 0.6 is 0 Å². The van der Waals surface area contributed by atoms with Crippen LogP contribution in [-0.4, -0.2) is 27.6 Å². The third-order valence-corrected chi connectivity index (χ3v) is 1.14.